The first-order chi connectivity index (χ1) is 11.1. The van der Waals surface area contributed by atoms with Gasteiger partial charge in [-0.25, -0.2) is 4.68 Å². The van der Waals surface area contributed by atoms with E-state index in [0.29, 0.717) is 5.56 Å². The molecule has 1 aromatic heterocycles. The van der Waals surface area contributed by atoms with Gasteiger partial charge in [-0.1, -0.05) is 12.1 Å². The van der Waals surface area contributed by atoms with Crippen LogP contribution in [0.3, 0.4) is 0 Å². The van der Waals surface area contributed by atoms with Gasteiger partial charge in [0, 0.05) is 17.8 Å². The number of carbonyl (C=O) groups excluding carboxylic acids is 1. The highest BCUT2D eigenvalue weighted by molar-refractivity contribution is 5.70. The van der Waals surface area contributed by atoms with Crippen LogP contribution in [0.5, 0.6) is 5.75 Å². The largest absolute Gasteiger partial charge is 0.506 e. The summed E-state index contributed by atoms with van der Waals surface area (Å²) in [6.07, 6.45) is -4.11. The van der Waals surface area contributed by atoms with E-state index >= 15 is 0 Å². The maximum atomic E-state index is 13.2. The number of carbonyl (C=O) groups is 1. The Balaban J connectivity index is 2.56. The Bertz CT molecular complexity index is 736. The van der Waals surface area contributed by atoms with Gasteiger partial charge in [0.2, 0.25) is 0 Å². The van der Waals surface area contributed by atoms with Crippen molar-refractivity contribution in [3.05, 3.63) is 41.2 Å². The summed E-state index contributed by atoms with van der Waals surface area (Å²) >= 11 is 0. The third kappa shape index (κ3) is 3.51. The second-order valence-electron chi connectivity index (χ2n) is 5.20. The van der Waals surface area contributed by atoms with E-state index in [2.05, 4.69) is 9.84 Å². The molecular weight excluding hydrogens is 327 g/mol. The summed E-state index contributed by atoms with van der Waals surface area (Å²) in [7, 11) is 1.12. The van der Waals surface area contributed by atoms with E-state index in [0.717, 1.165) is 18.0 Å². The highest BCUT2D eigenvalue weighted by Gasteiger charge is 2.39. The molecular formula is C15H16F3N3O3. The minimum Gasteiger partial charge on any atom is -0.506 e. The van der Waals surface area contributed by atoms with Gasteiger partial charge in [-0.05, 0) is 18.6 Å². The number of hydrogen-bond acceptors (Lipinski definition) is 5. The third-order valence-corrected chi connectivity index (χ3v) is 3.47. The SMILES string of the molecule is COC(=O)C[C@H](N)c1cn(-c2c(C)cccc2O)nc1C(F)(F)F. The fourth-order valence-electron chi connectivity index (χ4n) is 2.31. The molecule has 0 aliphatic rings. The Morgan fingerprint density at radius 1 is 1.46 bits per heavy atom. The van der Waals surface area contributed by atoms with Gasteiger partial charge in [0.1, 0.15) is 11.4 Å². The molecule has 0 radical (unpaired) electrons. The first-order valence-electron chi connectivity index (χ1n) is 6.93. The summed E-state index contributed by atoms with van der Waals surface area (Å²) in [5, 5.41) is 13.4. The third-order valence-electron chi connectivity index (χ3n) is 3.47. The zero-order valence-corrected chi connectivity index (χ0v) is 13.0. The first-order valence-corrected chi connectivity index (χ1v) is 6.93. The fourth-order valence-corrected chi connectivity index (χ4v) is 2.31. The van der Waals surface area contributed by atoms with Crippen LogP contribution in [0.4, 0.5) is 13.2 Å². The zero-order valence-electron chi connectivity index (χ0n) is 13.0. The molecule has 24 heavy (non-hydrogen) atoms. The van der Waals surface area contributed by atoms with Crippen LogP contribution in [0, 0.1) is 6.92 Å². The first kappa shape index (κ1) is 17.8. The van der Waals surface area contributed by atoms with Gasteiger partial charge in [0.15, 0.2) is 5.69 Å². The van der Waals surface area contributed by atoms with Gasteiger partial charge in [-0.3, -0.25) is 4.79 Å². The number of ether oxygens (including phenoxy) is 1. The number of halogens is 3. The Labute approximate surface area is 135 Å². The van der Waals surface area contributed by atoms with Crippen LogP contribution in [0.1, 0.15) is 29.3 Å². The summed E-state index contributed by atoms with van der Waals surface area (Å²) in [6, 6.07) is 3.28. The lowest BCUT2D eigenvalue weighted by atomic mass is 10.1. The normalized spacial score (nSPS) is 12.9. The van der Waals surface area contributed by atoms with Crippen molar-refractivity contribution < 1.29 is 27.8 Å². The van der Waals surface area contributed by atoms with Crippen molar-refractivity contribution in [1.82, 2.24) is 9.78 Å². The van der Waals surface area contributed by atoms with Crippen LogP contribution in [-0.2, 0) is 15.7 Å². The molecule has 0 aliphatic heterocycles. The van der Waals surface area contributed by atoms with E-state index in [1.165, 1.54) is 6.07 Å². The number of aromatic hydroxyl groups is 1. The predicted octanol–water partition coefficient (Wildman–Crippen LogP) is 2.47. The number of nitrogens with zero attached hydrogens (tertiary/aromatic N) is 2. The summed E-state index contributed by atoms with van der Waals surface area (Å²) < 4.78 is 45.1. The number of nitrogens with two attached hydrogens (primary N) is 1. The molecule has 0 bridgehead atoms. The van der Waals surface area contributed by atoms with Crippen molar-refractivity contribution in [3.63, 3.8) is 0 Å². The van der Waals surface area contributed by atoms with E-state index in [1.54, 1.807) is 19.1 Å². The van der Waals surface area contributed by atoms with Crippen LogP contribution >= 0.6 is 0 Å². The number of aryl methyl sites for hydroxylation is 1. The number of methoxy groups -OCH3 is 1. The average Bonchev–Trinajstić information content (AvgIpc) is 2.92. The zero-order chi connectivity index (χ0) is 18.1. The predicted molar refractivity (Wildman–Crippen MR) is 78.5 cm³/mol. The quantitative estimate of drug-likeness (QED) is 0.833. The fraction of sp³-hybridized carbons (Fsp3) is 0.333. The van der Waals surface area contributed by atoms with Crippen LogP contribution < -0.4 is 5.73 Å². The van der Waals surface area contributed by atoms with Gasteiger partial charge in [0.05, 0.1) is 13.5 Å². The number of hydrogen-bond donors (Lipinski definition) is 2. The van der Waals surface area contributed by atoms with Gasteiger partial charge in [0.25, 0.3) is 0 Å². The standard InChI is InChI=1S/C15H16F3N3O3/c1-8-4-3-5-11(22)13(8)21-7-9(10(19)6-12(23)24-2)14(20-21)15(16,17)18/h3-5,7,10,22H,6,19H2,1-2H3/t10-/m0/s1. The molecule has 130 valence electrons. The Morgan fingerprint density at radius 2 is 2.12 bits per heavy atom. The number of rotatable bonds is 4. The summed E-state index contributed by atoms with van der Waals surface area (Å²) in [5.74, 6) is -0.957. The lowest BCUT2D eigenvalue weighted by Crippen LogP contribution is -2.20. The Kier molecular flexibility index (Phi) is 4.83. The molecule has 9 heteroatoms. The van der Waals surface area contributed by atoms with Gasteiger partial charge >= 0.3 is 12.1 Å². The second kappa shape index (κ2) is 6.52. The molecule has 1 aromatic carbocycles. The summed E-state index contributed by atoms with van der Waals surface area (Å²) in [5.41, 5.74) is 4.80. The van der Waals surface area contributed by atoms with Crippen molar-refractivity contribution in [2.75, 3.05) is 7.11 Å². The summed E-state index contributed by atoms with van der Waals surface area (Å²) in [4.78, 5) is 11.3. The molecule has 1 atom stereocenters. The van der Waals surface area contributed by atoms with E-state index in [9.17, 15) is 23.1 Å². The van der Waals surface area contributed by atoms with E-state index in [1.807, 2.05) is 0 Å². The van der Waals surface area contributed by atoms with Crippen LogP contribution in [0.2, 0.25) is 0 Å². The molecule has 6 nitrogen and oxygen atoms in total. The lowest BCUT2D eigenvalue weighted by Gasteiger charge is -2.11. The van der Waals surface area contributed by atoms with Crippen molar-refractivity contribution in [1.29, 1.82) is 0 Å². The molecule has 2 aromatic rings. The van der Waals surface area contributed by atoms with Crippen LogP contribution in [0.15, 0.2) is 24.4 Å². The van der Waals surface area contributed by atoms with Crippen molar-refractivity contribution >= 4 is 5.97 Å². The topological polar surface area (TPSA) is 90.4 Å². The number of aromatic nitrogens is 2. The number of benzene rings is 1. The molecule has 2 rings (SSSR count). The number of phenolic OH excluding ortho intramolecular Hbond substituents is 1. The molecule has 1 heterocycles. The maximum Gasteiger partial charge on any atom is 0.435 e. The molecule has 0 unspecified atom stereocenters. The summed E-state index contributed by atoms with van der Waals surface area (Å²) in [6.45, 7) is 1.62. The molecule has 0 spiro atoms. The van der Waals surface area contributed by atoms with Gasteiger partial charge in [-0.15, -0.1) is 0 Å². The minimum atomic E-state index is -4.76. The van der Waals surface area contributed by atoms with Gasteiger partial charge in [-0.2, -0.15) is 18.3 Å². The van der Waals surface area contributed by atoms with Crippen LogP contribution in [-0.4, -0.2) is 28.0 Å². The molecule has 0 saturated carbocycles. The van der Waals surface area contributed by atoms with Crippen molar-refractivity contribution in [3.8, 4) is 11.4 Å². The average molecular weight is 343 g/mol. The van der Waals surface area contributed by atoms with Crippen LogP contribution in [0.25, 0.3) is 5.69 Å². The molecule has 0 saturated heterocycles. The molecule has 0 amide bonds. The Morgan fingerprint density at radius 3 is 2.67 bits per heavy atom. The van der Waals surface area contributed by atoms with E-state index in [4.69, 9.17) is 5.73 Å². The molecule has 0 fully saturated rings. The highest BCUT2D eigenvalue weighted by atomic mass is 19.4. The number of alkyl halides is 3. The number of phenols is 1. The van der Waals surface area contributed by atoms with E-state index < -0.39 is 30.3 Å². The molecule has 3 N–H and O–H groups in total. The highest BCUT2D eigenvalue weighted by Crippen LogP contribution is 2.36. The Hall–Kier alpha value is -2.55. The molecule has 0 aliphatic carbocycles. The minimum absolute atomic E-state index is 0.111. The van der Waals surface area contributed by atoms with Crippen molar-refractivity contribution in [2.24, 2.45) is 5.73 Å². The maximum absolute atomic E-state index is 13.2. The number of para-hydroxylation sites is 1. The number of esters is 1. The monoisotopic (exact) mass is 343 g/mol. The lowest BCUT2D eigenvalue weighted by molar-refractivity contribution is -0.144. The van der Waals surface area contributed by atoms with Gasteiger partial charge < -0.3 is 15.6 Å². The smallest absolute Gasteiger partial charge is 0.435 e. The second-order valence-corrected chi connectivity index (χ2v) is 5.20. The van der Waals surface area contributed by atoms with Crippen molar-refractivity contribution in [2.45, 2.75) is 25.6 Å². The van der Waals surface area contributed by atoms with E-state index in [-0.39, 0.29) is 17.0 Å².